The maximum absolute atomic E-state index is 13.1. The predicted octanol–water partition coefficient (Wildman–Crippen LogP) is 1.81. The highest BCUT2D eigenvalue weighted by molar-refractivity contribution is 6.33. The molecule has 2 aliphatic heterocycles. The minimum absolute atomic E-state index is 0.101. The second-order valence-electron chi connectivity index (χ2n) is 7.50. The summed E-state index contributed by atoms with van der Waals surface area (Å²) in [6.45, 7) is 5.87. The largest absolute Gasteiger partial charge is 0.341 e. The Hall–Kier alpha value is -2.19. The van der Waals surface area contributed by atoms with Gasteiger partial charge in [0.1, 0.15) is 0 Å². The third-order valence-corrected chi connectivity index (χ3v) is 5.64. The fourth-order valence-electron chi connectivity index (χ4n) is 3.87. The molecule has 2 aliphatic rings. The number of aryl methyl sites for hydroxylation is 1. The lowest BCUT2D eigenvalue weighted by molar-refractivity contribution is 0.0755. The van der Waals surface area contributed by atoms with E-state index < -0.39 is 0 Å². The van der Waals surface area contributed by atoms with Crippen LogP contribution in [0.2, 0.25) is 5.02 Å². The molecule has 28 heavy (non-hydrogen) atoms. The molecule has 2 saturated heterocycles. The average molecular weight is 404 g/mol. The van der Waals surface area contributed by atoms with E-state index in [9.17, 15) is 4.79 Å². The minimum atomic E-state index is -0.101. The standard InChI is InChI=1S/C19H26ClN7O/c1-24-13-15(11-22-24)14-25-5-4-8-26(10-9-25)18(28)17-16(20)12-21-19(23-17)27-6-2-3-7-27/h11-13H,2-10,14H2,1H3. The number of nitrogens with zero attached hydrogens (tertiary/aromatic N) is 7. The molecule has 0 radical (unpaired) electrons. The molecule has 9 heteroatoms. The second-order valence-corrected chi connectivity index (χ2v) is 7.91. The highest BCUT2D eigenvalue weighted by atomic mass is 35.5. The van der Waals surface area contributed by atoms with Gasteiger partial charge in [-0.05, 0) is 19.3 Å². The van der Waals surface area contributed by atoms with Crippen LogP contribution in [-0.4, -0.2) is 74.7 Å². The molecule has 4 rings (SSSR count). The van der Waals surface area contributed by atoms with Gasteiger partial charge < -0.3 is 9.80 Å². The summed E-state index contributed by atoms with van der Waals surface area (Å²) < 4.78 is 1.82. The quantitative estimate of drug-likeness (QED) is 0.775. The molecule has 0 aliphatic carbocycles. The number of carbonyl (C=O) groups is 1. The molecular formula is C19H26ClN7O. The highest BCUT2D eigenvalue weighted by Crippen LogP contribution is 2.21. The van der Waals surface area contributed by atoms with Crippen molar-refractivity contribution in [1.29, 1.82) is 0 Å². The van der Waals surface area contributed by atoms with Gasteiger partial charge in [-0.3, -0.25) is 14.4 Å². The van der Waals surface area contributed by atoms with Gasteiger partial charge in [-0.1, -0.05) is 11.6 Å². The van der Waals surface area contributed by atoms with Crippen LogP contribution in [0.25, 0.3) is 0 Å². The van der Waals surface area contributed by atoms with Gasteiger partial charge in [0.2, 0.25) is 5.95 Å². The number of rotatable bonds is 4. The van der Waals surface area contributed by atoms with Crippen molar-refractivity contribution < 1.29 is 4.79 Å². The summed E-state index contributed by atoms with van der Waals surface area (Å²) in [6.07, 6.45) is 8.68. The number of amides is 1. The van der Waals surface area contributed by atoms with Crippen LogP contribution in [0.4, 0.5) is 5.95 Å². The van der Waals surface area contributed by atoms with E-state index >= 15 is 0 Å². The van der Waals surface area contributed by atoms with Crippen LogP contribution in [0.1, 0.15) is 35.3 Å². The molecule has 0 bridgehead atoms. The number of aromatic nitrogens is 4. The Balaban J connectivity index is 1.42. The van der Waals surface area contributed by atoms with E-state index in [1.165, 1.54) is 5.56 Å². The normalized spacial score (nSPS) is 18.5. The summed E-state index contributed by atoms with van der Waals surface area (Å²) >= 11 is 6.29. The predicted molar refractivity (Wildman–Crippen MR) is 107 cm³/mol. The van der Waals surface area contributed by atoms with Crippen LogP contribution in [-0.2, 0) is 13.6 Å². The molecule has 0 saturated carbocycles. The Morgan fingerprint density at radius 2 is 1.89 bits per heavy atom. The first kappa shape index (κ1) is 19.1. The molecule has 0 spiro atoms. The summed E-state index contributed by atoms with van der Waals surface area (Å²) in [6, 6.07) is 0. The van der Waals surface area contributed by atoms with Crippen molar-refractivity contribution in [3.63, 3.8) is 0 Å². The Morgan fingerprint density at radius 3 is 2.64 bits per heavy atom. The number of anilines is 1. The molecule has 1 amide bonds. The SMILES string of the molecule is Cn1cc(CN2CCCN(C(=O)c3nc(N4CCCC4)ncc3Cl)CC2)cn1. The van der Waals surface area contributed by atoms with Crippen LogP contribution in [0.3, 0.4) is 0 Å². The minimum Gasteiger partial charge on any atom is -0.341 e. The van der Waals surface area contributed by atoms with E-state index in [1.807, 2.05) is 29.0 Å². The van der Waals surface area contributed by atoms with E-state index in [4.69, 9.17) is 11.6 Å². The molecule has 0 N–H and O–H groups in total. The van der Waals surface area contributed by atoms with E-state index in [-0.39, 0.29) is 5.91 Å². The van der Waals surface area contributed by atoms with Crippen molar-refractivity contribution in [1.82, 2.24) is 29.5 Å². The van der Waals surface area contributed by atoms with Gasteiger partial charge in [-0.2, -0.15) is 5.10 Å². The fraction of sp³-hybridized carbons (Fsp3) is 0.579. The fourth-order valence-corrected chi connectivity index (χ4v) is 4.04. The first-order valence-electron chi connectivity index (χ1n) is 9.87. The Kier molecular flexibility index (Phi) is 5.77. The van der Waals surface area contributed by atoms with Crippen molar-refractivity contribution in [3.8, 4) is 0 Å². The number of halogens is 1. The molecule has 2 aromatic rings. The molecule has 4 heterocycles. The van der Waals surface area contributed by atoms with E-state index in [0.717, 1.165) is 52.0 Å². The zero-order valence-electron chi connectivity index (χ0n) is 16.2. The molecule has 150 valence electrons. The van der Waals surface area contributed by atoms with Crippen molar-refractivity contribution in [2.75, 3.05) is 44.2 Å². The van der Waals surface area contributed by atoms with Crippen LogP contribution < -0.4 is 4.90 Å². The zero-order chi connectivity index (χ0) is 19.5. The van der Waals surface area contributed by atoms with Crippen molar-refractivity contribution in [3.05, 3.63) is 34.9 Å². The lowest BCUT2D eigenvalue weighted by Crippen LogP contribution is -2.36. The molecule has 0 atom stereocenters. The molecule has 0 unspecified atom stereocenters. The molecular weight excluding hydrogens is 378 g/mol. The van der Waals surface area contributed by atoms with Gasteiger partial charge in [-0.15, -0.1) is 0 Å². The van der Waals surface area contributed by atoms with Crippen molar-refractivity contribution >= 4 is 23.5 Å². The summed E-state index contributed by atoms with van der Waals surface area (Å²) in [7, 11) is 1.92. The van der Waals surface area contributed by atoms with Crippen molar-refractivity contribution in [2.45, 2.75) is 25.8 Å². The average Bonchev–Trinajstić information content (AvgIpc) is 3.30. The summed E-state index contributed by atoms with van der Waals surface area (Å²) in [5.41, 5.74) is 1.51. The molecule has 2 aromatic heterocycles. The van der Waals surface area contributed by atoms with Gasteiger partial charge in [0.05, 0.1) is 17.4 Å². The first-order valence-corrected chi connectivity index (χ1v) is 10.2. The Labute approximate surface area is 170 Å². The van der Waals surface area contributed by atoms with Gasteiger partial charge in [0, 0.05) is 64.6 Å². The summed E-state index contributed by atoms with van der Waals surface area (Å²) in [5.74, 6) is 0.509. The lowest BCUT2D eigenvalue weighted by Gasteiger charge is -2.22. The van der Waals surface area contributed by atoms with Gasteiger partial charge in [0.25, 0.3) is 5.91 Å². The molecule has 8 nitrogen and oxygen atoms in total. The topological polar surface area (TPSA) is 70.4 Å². The summed E-state index contributed by atoms with van der Waals surface area (Å²) in [4.78, 5) is 28.3. The number of carbonyl (C=O) groups excluding carboxylic acids is 1. The maximum Gasteiger partial charge on any atom is 0.274 e. The Morgan fingerprint density at radius 1 is 1.07 bits per heavy atom. The van der Waals surface area contributed by atoms with Crippen molar-refractivity contribution in [2.24, 2.45) is 7.05 Å². The second kappa shape index (κ2) is 8.45. The zero-order valence-corrected chi connectivity index (χ0v) is 17.0. The van der Waals surface area contributed by atoms with Crippen LogP contribution in [0.5, 0.6) is 0 Å². The van der Waals surface area contributed by atoms with Gasteiger partial charge >= 0.3 is 0 Å². The number of hydrogen-bond acceptors (Lipinski definition) is 6. The number of hydrogen-bond donors (Lipinski definition) is 0. The summed E-state index contributed by atoms with van der Waals surface area (Å²) in [5, 5.41) is 4.56. The Bertz CT molecular complexity index is 833. The monoisotopic (exact) mass is 403 g/mol. The van der Waals surface area contributed by atoms with Gasteiger partial charge in [0.15, 0.2) is 5.69 Å². The van der Waals surface area contributed by atoms with Crippen LogP contribution >= 0.6 is 11.6 Å². The van der Waals surface area contributed by atoms with Crippen LogP contribution in [0, 0.1) is 0 Å². The van der Waals surface area contributed by atoms with E-state index in [1.54, 1.807) is 6.20 Å². The first-order chi connectivity index (χ1) is 13.6. The highest BCUT2D eigenvalue weighted by Gasteiger charge is 2.25. The maximum atomic E-state index is 13.1. The van der Waals surface area contributed by atoms with E-state index in [2.05, 4.69) is 24.9 Å². The smallest absolute Gasteiger partial charge is 0.274 e. The van der Waals surface area contributed by atoms with Crippen LogP contribution in [0.15, 0.2) is 18.6 Å². The van der Waals surface area contributed by atoms with E-state index in [0.29, 0.717) is 29.8 Å². The molecule has 0 aromatic carbocycles. The van der Waals surface area contributed by atoms with Gasteiger partial charge in [-0.25, -0.2) is 9.97 Å². The molecule has 2 fully saturated rings. The third-order valence-electron chi connectivity index (χ3n) is 5.36. The third kappa shape index (κ3) is 4.28. The lowest BCUT2D eigenvalue weighted by atomic mass is 10.3.